The highest BCUT2D eigenvalue weighted by Gasteiger charge is 2.13. The predicted octanol–water partition coefficient (Wildman–Crippen LogP) is 2.49. The van der Waals surface area contributed by atoms with Crippen LogP contribution in [-0.4, -0.2) is 5.78 Å². The minimum Gasteiger partial charge on any atom is -0.290 e. The van der Waals surface area contributed by atoms with Crippen molar-refractivity contribution in [1.82, 2.24) is 0 Å². The molecule has 0 saturated carbocycles. The first kappa shape index (κ1) is 8.25. The Hall–Kier alpha value is -0.850. The van der Waals surface area contributed by atoms with E-state index in [-0.39, 0.29) is 5.78 Å². The quantitative estimate of drug-likeness (QED) is 0.561. The number of carbonyl (C=O) groups is 1. The molecule has 1 aliphatic carbocycles. The fourth-order valence-corrected chi connectivity index (χ4v) is 1.26. The Morgan fingerprint density at radius 1 is 1.45 bits per heavy atom. The van der Waals surface area contributed by atoms with Gasteiger partial charge in [0.1, 0.15) is 0 Å². The summed E-state index contributed by atoms with van der Waals surface area (Å²) in [6.07, 6.45) is 4.73. The molecule has 60 valence electrons. The summed E-state index contributed by atoms with van der Waals surface area (Å²) in [5, 5.41) is 0. The van der Waals surface area contributed by atoms with Crippen LogP contribution in [0.4, 0.5) is 0 Å². The van der Waals surface area contributed by atoms with E-state index < -0.39 is 0 Å². The fourth-order valence-electron chi connectivity index (χ4n) is 1.26. The zero-order valence-electron chi connectivity index (χ0n) is 7.35. The Balaban J connectivity index is 2.80. The third-order valence-corrected chi connectivity index (χ3v) is 1.93. The Labute approximate surface area is 67.8 Å². The molecule has 0 fully saturated rings. The molecule has 1 aliphatic rings. The molecule has 0 aromatic carbocycles. The van der Waals surface area contributed by atoms with Crippen molar-refractivity contribution < 1.29 is 4.79 Å². The van der Waals surface area contributed by atoms with Crippen molar-refractivity contribution >= 4 is 5.78 Å². The molecule has 0 spiro atoms. The van der Waals surface area contributed by atoms with Gasteiger partial charge in [0.05, 0.1) is 0 Å². The molecule has 1 heteroatoms. The van der Waals surface area contributed by atoms with E-state index >= 15 is 0 Å². The van der Waals surface area contributed by atoms with E-state index in [0.717, 1.165) is 12.0 Å². The van der Waals surface area contributed by atoms with Gasteiger partial charge in [-0.3, -0.25) is 4.79 Å². The SMILES string of the molecule is CC1=CC(=O)C(C(C)C)=CC1. The molecule has 1 nitrogen and oxygen atoms in total. The highest BCUT2D eigenvalue weighted by molar-refractivity contribution is 6.05. The molecule has 0 aliphatic heterocycles. The van der Waals surface area contributed by atoms with Crippen LogP contribution >= 0.6 is 0 Å². The highest BCUT2D eigenvalue weighted by Crippen LogP contribution is 2.19. The lowest BCUT2D eigenvalue weighted by Crippen LogP contribution is -2.09. The van der Waals surface area contributed by atoms with E-state index in [2.05, 4.69) is 13.8 Å². The summed E-state index contributed by atoms with van der Waals surface area (Å²) in [4.78, 5) is 11.3. The standard InChI is InChI=1S/C10H14O/c1-7(2)9-5-4-8(3)6-10(9)11/h5-7H,4H2,1-3H3. The van der Waals surface area contributed by atoms with Crippen molar-refractivity contribution in [2.45, 2.75) is 27.2 Å². The Kier molecular flexibility index (Phi) is 2.28. The Morgan fingerprint density at radius 3 is 2.55 bits per heavy atom. The van der Waals surface area contributed by atoms with Crippen molar-refractivity contribution in [1.29, 1.82) is 0 Å². The molecule has 1 rings (SSSR count). The fraction of sp³-hybridized carbons (Fsp3) is 0.500. The molecule has 0 saturated heterocycles. The van der Waals surface area contributed by atoms with Gasteiger partial charge in [0.2, 0.25) is 0 Å². The molecule has 0 amide bonds. The summed E-state index contributed by atoms with van der Waals surface area (Å²) in [6.45, 7) is 6.10. The summed E-state index contributed by atoms with van der Waals surface area (Å²) in [6, 6.07) is 0. The van der Waals surface area contributed by atoms with Crippen LogP contribution in [0.1, 0.15) is 27.2 Å². The first-order valence-electron chi connectivity index (χ1n) is 4.03. The predicted molar refractivity (Wildman–Crippen MR) is 46.3 cm³/mol. The van der Waals surface area contributed by atoms with Crippen molar-refractivity contribution in [3.8, 4) is 0 Å². The second-order valence-electron chi connectivity index (χ2n) is 3.37. The van der Waals surface area contributed by atoms with E-state index in [1.807, 2.05) is 13.0 Å². The number of ketones is 1. The van der Waals surface area contributed by atoms with Gasteiger partial charge in [-0.05, 0) is 30.9 Å². The largest absolute Gasteiger partial charge is 0.290 e. The Morgan fingerprint density at radius 2 is 2.09 bits per heavy atom. The third kappa shape index (κ3) is 1.79. The normalized spacial score (nSPS) is 18.4. The lowest BCUT2D eigenvalue weighted by atomic mass is 9.92. The van der Waals surface area contributed by atoms with Gasteiger partial charge in [0.15, 0.2) is 5.78 Å². The monoisotopic (exact) mass is 150 g/mol. The maximum Gasteiger partial charge on any atom is 0.181 e. The van der Waals surface area contributed by atoms with Crippen molar-refractivity contribution in [3.63, 3.8) is 0 Å². The molecule has 0 aromatic heterocycles. The zero-order chi connectivity index (χ0) is 8.43. The molecular formula is C10H14O. The molecular weight excluding hydrogens is 136 g/mol. The summed E-state index contributed by atoms with van der Waals surface area (Å²) in [5.41, 5.74) is 2.13. The minimum absolute atomic E-state index is 0.198. The van der Waals surface area contributed by atoms with Crippen molar-refractivity contribution in [2.24, 2.45) is 5.92 Å². The second-order valence-corrected chi connectivity index (χ2v) is 3.37. The van der Waals surface area contributed by atoms with Crippen LogP contribution in [-0.2, 0) is 4.79 Å². The Bertz CT molecular complexity index is 231. The molecule has 0 atom stereocenters. The average molecular weight is 150 g/mol. The number of hydrogen-bond acceptors (Lipinski definition) is 1. The van der Waals surface area contributed by atoms with Crippen LogP contribution in [0.25, 0.3) is 0 Å². The summed E-state index contributed by atoms with van der Waals surface area (Å²) in [5.74, 6) is 0.565. The van der Waals surface area contributed by atoms with Gasteiger partial charge in [0.25, 0.3) is 0 Å². The van der Waals surface area contributed by atoms with Crippen LogP contribution in [0, 0.1) is 5.92 Å². The van der Waals surface area contributed by atoms with E-state index in [0.29, 0.717) is 5.92 Å². The van der Waals surface area contributed by atoms with Crippen LogP contribution in [0.15, 0.2) is 23.3 Å². The van der Waals surface area contributed by atoms with Crippen LogP contribution in [0.5, 0.6) is 0 Å². The maximum absolute atomic E-state index is 11.3. The van der Waals surface area contributed by atoms with E-state index in [9.17, 15) is 4.79 Å². The van der Waals surface area contributed by atoms with Crippen LogP contribution in [0.2, 0.25) is 0 Å². The number of hydrogen-bond donors (Lipinski definition) is 0. The summed E-state index contributed by atoms with van der Waals surface area (Å²) >= 11 is 0. The van der Waals surface area contributed by atoms with Crippen molar-refractivity contribution in [3.05, 3.63) is 23.3 Å². The summed E-state index contributed by atoms with van der Waals surface area (Å²) in [7, 11) is 0. The number of rotatable bonds is 1. The van der Waals surface area contributed by atoms with Gasteiger partial charge in [0, 0.05) is 0 Å². The van der Waals surface area contributed by atoms with Crippen LogP contribution in [0.3, 0.4) is 0 Å². The lowest BCUT2D eigenvalue weighted by Gasteiger charge is -2.12. The van der Waals surface area contributed by atoms with Gasteiger partial charge in [-0.15, -0.1) is 0 Å². The van der Waals surface area contributed by atoms with Gasteiger partial charge in [-0.25, -0.2) is 0 Å². The van der Waals surface area contributed by atoms with E-state index in [1.165, 1.54) is 5.57 Å². The maximum atomic E-state index is 11.3. The minimum atomic E-state index is 0.198. The molecule has 0 radical (unpaired) electrons. The summed E-state index contributed by atoms with van der Waals surface area (Å²) < 4.78 is 0. The van der Waals surface area contributed by atoms with E-state index in [1.54, 1.807) is 6.08 Å². The first-order valence-corrected chi connectivity index (χ1v) is 4.03. The van der Waals surface area contributed by atoms with Gasteiger partial charge >= 0.3 is 0 Å². The topological polar surface area (TPSA) is 17.1 Å². The molecule has 0 bridgehead atoms. The smallest absolute Gasteiger partial charge is 0.181 e. The molecule has 0 unspecified atom stereocenters. The second kappa shape index (κ2) is 3.04. The average Bonchev–Trinajstić information content (AvgIpc) is 1.85. The van der Waals surface area contributed by atoms with E-state index in [4.69, 9.17) is 0 Å². The van der Waals surface area contributed by atoms with Gasteiger partial charge in [-0.2, -0.15) is 0 Å². The lowest BCUT2D eigenvalue weighted by molar-refractivity contribution is -0.111. The number of allylic oxidation sites excluding steroid dienone is 4. The van der Waals surface area contributed by atoms with Gasteiger partial charge < -0.3 is 0 Å². The molecule has 0 heterocycles. The highest BCUT2D eigenvalue weighted by atomic mass is 16.1. The number of carbonyl (C=O) groups excluding carboxylic acids is 1. The zero-order valence-corrected chi connectivity index (χ0v) is 7.35. The molecule has 0 aromatic rings. The molecule has 11 heavy (non-hydrogen) atoms. The third-order valence-electron chi connectivity index (χ3n) is 1.93. The molecule has 0 N–H and O–H groups in total. The van der Waals surface area contributed by atoms with Crippen LogP contribution < -0.4 is 0 Å². The van der Waals surface area contributed by atoms with Crippen molar-refractivity contribution in [2.75, 3.05) is 0 Å². The first-order chi connectivity index (χ1) is 5.11. The van der Waals surface area contributed by atoms with Gasteiger partial charge in [-0.1, -0.05) is 25.5 Å².